The lowest BCUT2D eigenvalue weighted by atomic mass is 10.2. The number of hydrogen-bond donors (Lipinski definition) is 1. The van der Waals surface area contributed by atoms with E-state index in [-0.39, 0.29) is 0 Å². The standard InChI is InChI=1S/C15H26N2O/c1-4-17(5-2)11-7-10-16-13-14-8-6-9-15(12-14)18-3/h6,8-9,12,16H,4-5,7,10-11,13H2,1-3H3. The molecule has 0 atom stereocenters. The molecule has 0 aliphatic heterocycles. The van der Waals surface area contributed by atoms with Crippen LogP contribution in [0.5, 0.6) is 5.75 Å². The third kappa shape index (κ3) is 5.52. The molecular formula is C15H26N2O. The summed E-state index contributed by atoms with van der Waals surface area (Å²) in [5.41, 5.74) is 1.28. The zero-order valence-electron chi connectivity index (χ0n) is 11.9. The topological polar surface area (TPSA) is 24.5 Å². The fraction of sp³-hybridized carbons (Fsp3) is 0.600. The molecule has 18 heavy (non-hydrogen) atoms. The molecule has 1 aromatic rings. The van der Waals surface area contributed by atoms with E-state index in [1.54, 1.807) is 7.11 Å². The third-order valence-corrected chi connectivity index (χ3v) is 3.19. The van der Waals surface area contributed by atoms with Crippen LogP contribution in [-0.4, -0.2) is 38.2 Å². The van der Waals surface area contributed by atoms with E-state index in [4.69, 9.17) is 4.74 Å². The second kappa shape index (κ2) is 8.95. The largest absolute Gasteiger partial charge is 0.497 e. The highest BCUT2D eigenvalue weighted by atomic mass is 16.5. The van der Waals surface area contributed by atoms with Crippen molar-refractivity contribution in [2.24, 2.45) is 0 Å². The van der Waals surface area contributed by atoms with Crippen molar-refractivity contribution in [1.82, 2.24) is 10.2 Å². The summed E-state index contributed by atoms with van der Waals surface area (Å²) in [4.78, 5) is 2.45. The van der Waals surface area contributed by atoms with Crippen molar-refractivity contribution in [3.05, 3.63) is 29.8 Å². The molecule has 1 aromatic carbocycles. The molecule has 0 aromatic heterocycles. The molecule has 0 amide bonds. The van der Waals surface area contributed by atoms with Gasteiger partial charge in [-0.05, 0) is 50.3 Å². The molecule has 0 bridgehead atoms. The molecule has 0 saturated heterocycles. The number of methoxy groups -OCH3 is 1. The fourth-order valence-electron chi connectivity index (χ4n) is 1.98. The van der Waals surface area contributed by atoms with E-state index in [0.29, 0.717) is 0 Å². The maximum absolute atomic E-state index is 5.21. The minimum absolute atomic E-state index is 0.912. The first kappa shape index (κ1) is 15.0. The number of hydrogen-bond acceptors (Lipinski definition) is 3. The van der Waals surface area contributed by atoms with Crippen molar-refractivity contribution >= 4 is 0 Å². The maximum Gasteiger partial charge on any atom is 0.119 e. The summed E-state index contributed by atoms with van der Waals surface area (Å²) in [5.74, 6) is 0.928. The molecule has 0 heterocycles. The highest BCUT2D eigenvalue weighted by Gasteiger charge is 1.98. The van der Waals surface area contributed by atoms with Crippen LogP contribution in [0.3, 0.4) is 0 Å². The van der Waals surface area contributed by atoms with E-state index >= 15 is 0 Å². The Morgan fingerprint density at radius 3 is 2.67 bits per heavy atom. The van der Waals surface area contributed by atoms with E-state index in [2.05, 4.69) is 36.2 Å². The van der Waals surface area contributed by atoms with Gasteiger partial charge in [0.2, 0.25) is 0 Å². The molecule has 0 radical (unpaired) electrons. The van der Waals surface area contributed by atoms with Gasteiger partial charge in [0.15, 0.2) is 0 Å². The molecule has 102 valence electrons. The van der Waals surface area contributed by atoms with Crippen LogP contribution in [0.25, 0.3) is 0 Å². The van der Waals surface area contributed by atoms with Gasteiger partial charge in [0, 0.05) is 6.54 Å². The average molecular weight is 250 g/mol. The van der Waals surface area contributed by atoms with Crippen molar-refractivity contribution < 1.29 is 4.74 Å². The molecule has 1 N–H and O–H groups in total. The normalized spacial score (nSPS) is 10.9. The molecule has 0 spiro atoms. The van der Waals surface area contributed by atoms with Gasteiger partial charge >= 0.3 is 0 Å². The van der Waals surface area contributed by atoms with E-state index in [1.807, 2.05) is 12.1 Å². The predicted molar refractivity (Wildman–Crippen MR) is 77.1 cm³/mol. The molecule has 0 unspecified atom stereocenters. The van der Waals surface area contributed by atoms with Crippen LogP contribution in [0.2, 0.25) is 0 Å². The van der Waals surface area contributed by atoms with Crippen LogP contribution in [0.15, 0.2) is 24.3 Å². The molecule has 3 nitrogen and oxygen atoms in total. The quantitative estimate of drug-likeness (QED) is 0.682. The Morgan fingerprint density at radius 1 is 1.22 bits per heavy atom. The van der Waals surface area contributed by atoms with Gasteiger partial charge in [-0.25, -0.2) is 0 Å². The summed E-state index contributed by atoms with van der Waals surface area (Å²) in [6.07, 6.45) is 1.20. The minimum atomic E-state index is 0.912. The maximum atomic E-state index is 5.21. The SMILES string of the molecule is CCN(CC)CCCNCc1cccc(OC)c1. The minimum Gasteiger partial charge on any atom is -0.497 e. The Kier molecular flexibility index (Phi) is 7.46. The average Bonchev–Trinajstić information content (AvgIpc) is 2.43. The molecule has 0 aliphatic carbocycles. The second-order valence-electron chi connectivity index (χ2n) is 4.41. The van der Waals surface area contributed by atoms with Gasteiger partial charge in [-0.2, -0.15) is 0 Å². The molecule has 3 heteroatoms. The van der Waals surface area contributed by atoms with E-state index < -0.39 is 0 Å². The summed E-state index contributed by atoms with van der Waals surface area (Å²) in [7, 11) is 1.70. The van der Waals surface area contributed by atoms with Crippen molar-refractivity contribution in [2.75, 3.05) is 33.3 Å². The lowest BCUT2D eigenvalue weighted by Gasteiger charge is -2.17. The Labute approximate surface area is 111 Å². The van der Waals surface area contributed by atoms with Crippen LogP contribution < -0.4 is 10.1 Å². The van der Waals surface area contributed by atoms with Gasteiger partial charge in [-0.1, -0.05) is 26.0 Å². The number of rotatable bonds is 9. The van der Waals surface area contributed by atoms with Gasteiger partial charge in [-0.15, -0.1) is 0 Å². The highest BCUT2D eigenvalue weighted by molar-refractivity contribution is 5.28. The van der Waals surface area contributed by atoms with Crippen LogP contribution >= 0.6 is 0 Å². The number of nitrogens with one attached hydrogen (secondary N) is 1. The van der Waals surface area contributed by atoms with E-state index in [1.165, 1.54) is 18.5 Å². The van der Waals surface area contributed by atoms with Gasteiger partial charge in [0.25, 0.3) is 0 Å². The van der Waals surface area contributed by atoms with Crippen LogP contribution in [0.1, 0.15) is 25.8 Å². The van der Waals surface area contributed by atoms with E-state index in [0.717, 1.165) is 31.9 Å². The second-order valence-corrected chi connectivity index (χ2v) is 4.41. The zero-order valence-corrected chi connectivity index (χ0v) is 11.9. The third-order valence-electron chi connectivity index (χ3n) is 3.19. The van der Waals surface area contributed by atoms with E-state index in [9.17, 15) is 0 Å². The summed E-state index contributed by atoms with van der Waals surface area (Å²) in [6.45, 7) is 9.88. The van der Waals surface area contributed by atoms with Crippen molar-refractivity contribution in [3.63, 3.8) is 0 Å². The number of nitrogens with zero attached hydrogens (tertiary/aromatic N) is 1. The molecule has 0 fully saturated rings. The summed E-state index contributed by atoms with van der Waals surface area (Å²) >= 11 is 0. The zero-order chi connectivity index (χ0) is 13.2. The Hall–Kier alpha value is -1.06. The first-order valence-electron chi connectivity index (χ1n) is 6.86. The predicted octanol–water partition coefficient (Wildman–Crippen LogP) is 2.52. The van der Waals surface area contributed by atoms with Crippen molar-refractivity contribution in [2.45, 2.75) is 26.8 Å². The highest BCUT2D eigenvalue weighted by Crippen LogP contribution is 2.11. The summed E-state index contributed by atoms with van der Waals surface area (Å²) < 4.78 is 5.21. The fourth-order valence-corrected chi connectivity index (χ4v) is 1.98. The van der Waals surface area contributed by atoms with Gasteiger partial charge in [-0.3, -0.25) is 0 Å². The molecule has 1 rings (SSSR count). The van der Waals surface area contributed by atoms with Crippen molar-refractivity contribution in [1.29, 1.82) is 0 Å². The summed E-state index contributed by atoms with van der Waals surface area (Å²) in [5, 5.41) is 3.47. The number of ether oxygens (including phenoxy) is 1. The Balaban J connectivity index is 2.17. The molecule has 0 saturated carbocycles. The van der Waals surface area contributed by atoms with Crippen LogP contribution in [0, 0.1) is 0 Å². The Morgan fingerprint density at radius 2 is 2.00 bits per heavy atom. The first-order valence-corrected chi connectivity index (χ1v) is 6.86. The lowest BCUT2D eigenvalue weighted by Crippen LogP contribution is -2.27. The monoisotopic (exact) mass is 250 g/mol. The Bertz CT molecular complexity index is 324. The van der Waals surface area contributed by atoms with Crippen LogP contribution in [-0.2, 0) is 6.54 Å². The smallest absolute Gasteiger partial charge is 0.119 e. The van der Waals surface area contributed by atoms with Gasteiger partial charge in [0.05, 0.1) is 7.11 Å². The first-order chi connectivity index (χ1) is 8.80. The molecular weight excluding hydrogens is 224 g/mol. The summed E-state index contributed by atoms with van der Waals surface area (Å²) in [6, 6.07) is 8.22. The number of benzene rings is 1. The lowest BCUT2D eigenvalue weighted by molar-refractivity contribution is 0.298. The van der Waals surface area contributed by atoms with Gasteiger partial charge < -0.3 is 15.0 Å². The van der Waals surface area contributed by atoms with Crippen molar-refractivity contribution in [3.8, 4) is 5.75 Å². The van der Waals surface area contributed by atoms with Gasteiger partial charge in [0.1, 0.15) is 5.75 Å². The molecule has 0 aliphatic rings. The van der Waals surface area contributed by atoms with Crippen LogP contribution in [0.4, 0.5) is 0 Å².